The molecule has 3 nitrogen and oxygen atoms in total. The van der Waals surface area contributed by atoms with Gasteiger partial charge in [0, 0.05) is 18.4 Å². The first-order valence-electron chi connectivity index (χ1n) is 5.35. The van der Waals surface area contributed by atoms with Crippen molar-refractivity contribution in [3.63, 3.8) is 0 Å². The van der Waals surface area contributed by atoms with Crippen molar-refractivity contribution in [2.45, 2.75) is 38.8 Å². The van der Waals surface area contributed by atoms with Crippen LogP contribution in [0, 0.1) is 5.92 Å². The van der Waals surface area contributed by atoms with Crippen LogP contribution in [0.4, 0.5) is 0 Å². The molecule has 0 amide bonds. The number of hydrogen-bond donors (Lipinski definition) is 1. The van der Waals surface area contributed by atoms with Crippen LogP contribution in [-0.2, 0) is 6.54 Å². The average Bonchev–Trinajstić information content (AvgIpc) is 2.63. The molecule has 0 aliphatic heterocycles. The molecule has 0 radical (unpaired) electrons. The van der Waals surface area contributed by atoms with E-state index in [2.05, 4.69) is 22.2 Å². The molecule has 0 saturated heterocycles. The Labute approximate surface area is 85.0 Å². The second-order valence-corrected chi connectivity index (χ2v) is 4.06. The summed E-state index contributed by atoms with van der Waals surface area (Å²) < 4.78 is 0. The average molecular weight is 191 g/mol. The summed E-state index contributed by atoms with van der Waals surface area (Å²) in [5, 5.41) is 3.52. The predicted molar refractivity (Wildman–Crippen MR) is 55.7 cm³/mol. The molecule has 1 saturated carbocycles. The molecular formula is C11H17N3. The standard InChI is InChI=1S/C11H17N3/c1-9-4-2-5-10(9)14-8-11-12-6-3-7-13-11/h3,6-7,9-10,14H,2,4-5,8H2,1H3. The minimum absolute atomic E-state index is 0.666. The molecule has 0 spiro atoms. The quantitative estimate of drug-likeness (QED) is 0.791. The summed E-state index contributed by atoms with van der Waals surface area (Å²) in [7, 11) is 0. The normalized spacial score (nSPS) is 26.6. The zero-order valence-electron chi connectivity index (χ0n) is 8.61. The topological polar surface area (TPSA) is 37.8 Å². The first kappa shape index (κ1) is 9.59. The van der Waals surface area contributed by atoms with Crippen molar-refractivity contribution in [1.82, 2.24) is 15.3 Å². The van der Waals surface area contributed by atoms with Gasteiger partial charge in [-0.1, -0.05) is 13.3 Å². The van der Waals surface area contributed by atoms with E-state index in [1.165, 1.54) is 19.3 Å². The smallest absolute Gasteiger partial charge is 0.141 e. The maximum atomic E-state index is 4.19. The summed E-state index contributed by atoms with van der Waals surface area (Å²) in [5.41, 5.74) is 0. The lowest BCUT2D eigenvalue weighted by Crippen LogP contribution is -2.31. The molecular weight excluding hydrogens is 174 g/mol. The van der Waals surface area contributed by atoms with E-state index in [0.717, 1.165) is 18.3 Å². The van der Waals surface area contributed by atoms with E-state index in [1.807, 2.05) is 6.07 Å². The summed E-state index contributed by atoms with van der Waals surface area (Å²) in [6.07, 6.45) is 7.60. The van der Waals surface area contributed by atoms with Crippen LogP contribution in [0.15, 0.2) is 18.5 Å². The van der Waals surface area contributed by atoms with Gasteiger partial charge in [-0.25, -0.2) is 9.97 Å². The highest BCUT2D eigenvalue weighted by molar-refractivity contribution is 4.89. The van der Waals surface area contributed by atoms with Gasteiger partial charge in [0.05, 0.1) is 6.54 Å². The highest BCUT2D eigenvalue weighted by Crippen LogP contribution is 2.24. The van der Waals surface area contributed by atoms with Crippen molar-refractivity contribution in [2.24, 2.45) is 5.92 Å². The molecule has 1 aliphatic rings. The van der Waals surface area contributed by atoms with Gasteiger partial charge in [0.25, 0.3) is 0 Å². The van der Waals surface area contributed by atoms with Crippen LogP contribution in [0.3, 0.4) is 0 Å². The van der Waals surface area contributed by atoms with Crippen molar-refractivity contribution < 1.29 is 0 Å². The fourth-order valence-corrected chi connectivity index (χ4v) is 2.09. The van der Waals surface area contributed by atoms with E-state index < -0.39 is 0 Å². The van der Waals surface area contributed by atoms with Gasteiger partial charge in [-0.2, -0.15) is 0 Å². The highest BCUT2D eigenvalue weighted by atomic mass is 15.0. The van der Waals surface area contributed by atoms with Gasteiger partial charge in [-0.15, -0.1) is 0 Å². The molecule has 1 N–H and O–H groups in total. The number of rotatable bonds is 3. The summed E-state index contributed by atoms with van der Waals surface area (Å²) in [6.45, 7) is 3.12. The predicted octanol–water partition coefficient (Wildman–Crippen LogP) is 1.75. The third-order valence-electron chi connectivity index (χ3n) is 3.00. The van der Waals surface area contributed by atoms with Crippen LogP contribution >= 0.6 is 0 Å². The van der Waals surface area contributed by atoms with Crippen molar-refractivity contribution in [3.8, 4) is 0 Å². The first-order valence-corrected chi connectivity index (χ1v) is 5.35. The summed E-state index contributed by atoms with van der Waals surface area (Å²) in [4.78, 5) is 8.38. The van der Waals surface area contributed by atoms with Crippen molar-refractivity contribution >= 4 is 0 Å². The van der Waals surface area contributed by atoms with Crippen LogP contribution in [0.1, 0.15) is 32.0 Å². The van der Waals surface area contributed by atoms with Crippen molar-refractivity contribution in [3.05, 3.63) is 24.3 Å². The zero-order chi connectivity index (χ0) is 9.80. The van der Waals surface area contributed by atoms with Crippen LogP contribution in [0.25, 0.3) is 0 Å². The molecule has 76 valence electrons. The van der Waals surface area contributed by atoms with Gasteiger partial charge in [-0.05, 0) is 24.8 Å². The van der Waals surface area contributed by atoms with E-state index >= 15 is 0 Å². The maximum Gasteiger partial charge on any atom is 0.141 e. The minimum Gasteiger partial charge on any atom is -0.307 e. The van der Waals surface area contributed by atoms with E-state index in [1.54, 1.807) is 12.4 Å². The molecule has 1 aromatic rings. The number of nitrogens with zero attached hydrogens (tertiary/aromatic N) is 2. The van der Waals surface area contributed by atoms with Gasteiger partial charge in [0.1, 0.15) is 5.82 Å². The molecule has 2 unspecified atom stereocenters. The fraction of sp³-hybridized carbons (Fsp3) is 0.636. The summed E-state index contributed by atoms with van der Waals surface area (Å²) in [5.74, 6) is 1.70. The Kier molecular flexibility index (Phi) is 3.09. The summed E-state index contributed by atoms with van der Waals surface area (Å²) >= 11 is 0. The molecule has 1 aliphatic carbocycles. The van der Waals surface area contributed by atoms with Crippen LogP contribution < -0.4 is 5.32 Å². The maximum absolute atomic E-state index is 4.19. The Morgan fingerprint density at radius 2 is 2.14 bits per heavy atom. The van der Waals surface area contributed by atoms with E-state index in [-0.39, 0.29) is 0 Å². The Hall–Kier alpha value is -0.960. The number of aromatic nitrogens is 2. The minimum atomic E-state index is 0.666. The monoisotopic (exact) mass is 191 g/mol. The van der Waals surface area contributed by atoms with Crippen molar-refractivity contribution in [1.29, 1.82) is 0 Å². The SMILES string of the molecule is CC1CCCC1NCc1ncccn1. The Morgan fingerprint density at radius 3 is 2.79 bits per heavy atom. The molecule has 1 fully saturated rings. The second kappa shape index (κ2) is 4.51. The largest absolute Gasteiger partial charge is 0.307 e. The molecule has 1 heterocycles. The van der Waals surface area contributed by atoms with Crippen LogP contribution in [0.5, 0.6) is 0 Å². The van der Waals surface area contributed by atoms with Crippen molar-refractivity contribution in [2.75, 3.05) is 0 Å². The molecule has 0 aromatic carbocycles. The zero-order valence-corrected chi connectivity index (χ0v) is 8.61. The van der Waals surface area contributed by atoms with Crippen LogP contribution in [0.2, 0.25) is 0 Å². The van der Waals surface area contributed by atoms with Gasteiger partial charge in [0.2, 0.25) is 0 Å². The molecule has 3 heteroatoms. The third kappa shape index (κ3) is 2.29. The molecule has 2 rings (SSSR count). The lowest BCUT2D eigenvalue weighted by molar-refractivity contribution is 0.421. The molecule has 1 aromatic heterocycles. The summed E-state index contributed by atoms with van der Waals surface area (Å²) in [6, 6.07) is 2.51. The molecule has 14 heavy (non-hydrogen) atoms. The number of hydrogen-bond acceptors (Lipinski definition) is 3. The third-order valence-corrected chi connectivity index (χ3v) is 3.00. The lowest BCUT2D eigenvalue weighted by atomic mass is 10.1. The van der Waals surface area contributed by atoms with E-state index in [4.69, 9.17) is 0 Å². The Bertz CT molecular complexity index is 273. The van der Waals surface area contributed by atoms with Crippen LogP contribution in [-0.4, -0.2) is 16.0 Å². The van der Waals surface area contributed by atoms with Gasteiger partial charge < -0.3 is 5.32 Å². The lowest BCUT2D eigenvalue weighted by Gasteiger charge is -2.16. The number of nitrogens with one attached hydrogen (secondary N) is 1. The molecule has 0 bridgehead atoms. The van der Waals surface area contributed by atoms with E-state index in [0.29, 0.717) is 6.04 Å². The molecule has 2 atom stereocenters. The van der Waals surface area contributed by atoms with Gasteiger partial charge in [-0.3, -0.25) is 0 Å². The van der Waals surface area contributed by atoms with E-state index in [9.17, 15) is 0 Å². The fourth-order valence-electron chi connectivity index (χ4n) is 2.09. The second-order valence-electron chi connectivity index (χ2n) is 4.06. The Balaban J connectivity index is 1.82. The highest BCUT2D eigenvalue weighted by Gasteiger charge is 2.22. The van der Waals surface area contributed by atoms with Gasteiger partial charge >= 0.3 is 0 Å². The Morgan fingerprint density at radius 1 is 1.36 bits per heavy atom. The first-order chi connectivity index (χ1) is 6.86. The van der Waals surface area contributed by atoms with Gasteiger partial charge in [0.15, 0.2) is 0 Å².